The molecule has 7 heteroatoms. The molecule has 0 aromatic heterocycles. The van der Waals surface area contributed by atoms with Crippen LogP contribution in [0.5, 0.6) is 0 Å². The van der Waals surface area contributed by atoms with E-state index in [2.05, 4.69) is 11.4 Å². The third kappa shape index (κ3) is 5.34. The maximum absolute atomic E-state index is 12.7. The van der Waals surface area contributed by atoms with Crippen LogP contribution in [0, 0.1) is 13.8 Å². The third-order valence-electron chi connectivity index (χ3n) is 4.67. The Morgan fingerprint density at radius 2 is 1.75 bits per heavy atom. The van der Waals surface area contributed by atoms with Crippen LogP contribution in [-0.2, 0) is 21.2 Å². The minimum absolute atomic E-state index is 0.116. The summed E-state index contributed by atoms with van der Waals surface area (Å²) >= 11 is 6.17. The molecule has 2 aromatic rings. The van der Waals surface area contributed by atoms with Gasteiger partial charge in [-0.3, -0.25) is 4.79 Å². The first-order valence-corrected chi connectivity index (χ1v) is 11.2. The molecule has 152 valence electrons. The van der Waals surface area contributed by atoms with Crippen LogP contribution in [0.3, 0.4) is 0 Å². The summed E-state index contributed by atoms with van der Waals surface area (Å²) < 4.78 is 26.7. The Balaban J connectivity index is 2.14. The molecule has 0 aliphatic heterocycles. The van der Waals surface area contributed by atoms with Crippen molar-refractivity contribution in [2.24, 2.45) is 0 Å². The predicted molar refractivity (Wildman–Crippen MR) is 114 cm³/mol. The lowest BCUT2D eigenvalue weighted by Crippen LogP contribution is -2.30. The zero-order chi connectivity index (χ0) is 20.9. The lowest BCUT2D eigenvalue weighted by atomic mass is 10.0. The number of hydrogen-bond donors (Lipinski definition) is 1. The van der Waals surface area contributed by atoms with Gasteiger partial charge in [0.1, 0.15) is 0 Å². The van der Waals surface area contributed by atoms with E-state index in [1.54, 1.807) is 13.8 Å². The highest BCUT2D eigenvalue weighted by molar-refractivity contribution is 7.89. The molecule has 2 rings (SSSR count). The summed E-state index contributed by atoms with van der Waals surface area (Å²) in [5.74, 6) is -0.209. The lowest BCUT2D eigenvalue weighted by molar-refractivity contribution is -0.116. The number of anilines is 1. The van der Waals surface area contributed by atoms with Gasteiger partial charge in [0.15, 0.2) is 0 Å². The number of carbonyl (C=O) groups is 1. The normalized spacial score (nSPS) is 11.6. The van der Waals surface area contributed by atoms with Gasteiger partial charge in [0.2, 0.25) is 15.9 Å². The smallest absolute Gasteiger partial charge is 0.243 e. The maximum Gasteiger partial charge on any atom is 0.243 e. The van der Waals surface area contributed by atoms with E-state index in [0.717, 1.165) is 11.1 Å². The third-order valence-corrected chi connectivity index (χ3v) is 7.05. The number of nitrogens with one attached hydrogen (secondary N) is 1. The van der Waals surface area contributed by atoms with Gasteiger partial charge in [-0.05, 0) is 49.6 Å². The molecule has 28 heavy (non-hydrogen) atoms. The van der Waals surface area contributed by atoms with Crippen molar-refractivity contribution in [2.75, 3.05) is 18.4 Å². The van der Waals surface area contributed by atoms with Crippen LogP contribution < -0.4 is 5.32 Å². The summed E-state index contributed by atoms with van der Waals surface area (Å²) in [6.45, 7) is 8.38. The monoisotopic (exact) mass is 422 g/mol. The molecule has 2 aromatic carbocycles. The van der Waals surface area contributed by atoms with Gasteiger partial charge in [-0.25, -0.2) is 8.42 Å². The van der Waals surface area contributed by atoms with Crippen LogP contribution in [0.2, 0.25) is 5.02 Å². The van der Waals surface area contributed by atoms with E-state index in [9.17, 15) is 13.2 Å². The van der Waals surface area contributed by atoms with Crippen molar-refractivity contribution < 1.29 is 13.2 Å². The van der Waals surface area contributed by atoms with Gasteiger partial charge in [0.25, 0.3) is 0 Å². The van der Waals surface area contributed by atoms with E-state index >= 15 is 0 Å². The second-order valence-electron chi connectivity index (χ2n) is 6.71. The molecule has 0 radical (unpaired) electrons. The number of aryl methyl sites for hydroxylation is 3. The summed E-state index contributed by atoms with van der Waals surface area (Å²) in [5, 5.41) is 3.05. The minimum Gasteiger partial charge on any atom is -0.325 e. The van der Waals surface area contributed by atoms with E-state index in [1.165, 1.54) is 28.1 Å². The van der Waals surface area contributed by atoms with Crippen molar-refractivity contribution in [1.82, 2.24) is 4.31 Å². The van der Waals surface area contributed by atoms with Gasteiger partial charge in [0.05, 0.1) is 15.6 Å². The van der Waals surface area contributed by atoms with Crippen molar-refractivity contribution in [3.05, 3.63) is 58.1 Å². The Labute approximate surface area is 172 Å². The Kier molecular flexibility index (Phi) is 7.63. The number of benzene rings is 2. The fraction of sp³-hybridized carbons (Fsp3) is 0.381. The summed E-state index contributed by atoms with van der Waals surface area (Å²) in [5.41, 5.74) is 3.76. The molecule has 0 spiro atoms. The fourth-order valence-corrected chi connectivity index (χ4v) is 4.71. The van der Waals surface area contributed by atoms with E-state index in [4.69, 9.17) is 11.6 Å². The van der Waals surface area contributed by atoms with Crippen molar-refractivity contribution in [1.29, 1.82) is 0 Å². The molecular weight excluding hydrogens is 396 g/mol. The Hall–Kier alpha value is -1.89. The molecule has 0 saturated carbocycles. The van der Waals surface area contributed by atoms with Crippen LogP contribution in [0.4, 0.5) is 5.69 Å². The Bertz CT molecular complexity index is 954. The first-order valence-electron chi connectivity index (χ1n) is 9.34. The van der Waals surface area contributed by atoms with Gasteiger partial charge >= 0.3 is 0 Å². The van der Waals surface area contributed by atoms with Crippen molar-refractivity contribution in [3.8, 4) is 0 Å². The number of amides is 1. The van der Waals surface area contributed by atoms with Gasteiger partial charge in [-0.1, -0.05) is 49.2 Å². The Morgan fingerprint density at radius 3 is 2.36 bits per heavy atom. The van der Waals surface area contributed by atoms with Crippen molar-refractivity contribution >= 4 is 33.2 Å². The predicted octanol–water partition coefficient (Wildman–Crippen LogP) is 4.56. The zero-order valence-corrected chi connectivity index (χ0v) is 18.3. The van der Waals surface area contributed by atoms with Gasteiger partial charge in [-0.15, -0.1) is 0 Å². The van der Waals surface area contributed by atoms with E-state index in [1.807, 2.05) is 26.0 Å². The minimum atomic E-state index is -3.62. The lowest BCUT2D eigenvalue weighted by Gasteiger charge is -2.19. The second-order valence-corrected chi connectivity index (χ2v) is 9.05. The molecule has 0 aliphatic carbocycles. The van der Waals surface area contributed by atoms with Crippen LogP contribution in [0.25, 0.3) is 0 Å². The van der Waals surface area contributed by atoms with E-state index in [-0.39, 0.29) is 17.2 Å². The quantitative estimate of drug-likeness (QED) is 0.678. The molecule has 0 atom stereocenters. The van der Waals surface area contributed by atoms with Crippen molar-refractivity contribution in [3.63, 3.8) is 0 Å². The Morgan fingerprint density at radius 1 is 1.07 bits per heavy atom. The SMILES string of the molecule is CCN(CC)S(=O)(=O)c1ccc(Cl)c(NC(=O)CCc2ccc(C)cc2C)c1. The molecule has 0 saturated heterocycles. The standard InChI is InChI=1S/C21H27ClN2O3S/c1-5-24(6-2)28(26,27)18-10-11-19(22)20(14-18)23-21(25)12-9-17-8-7-15(3)13-16(17)4/h7-8,10-11,13-14H,5-6,9,12H2,1-4H3,(H,23,25). The van der Waals surface area contributed by atoms with Gasteiger partial charge in [-0.2, -0.15) is 4.31 Å². The highest BCUT2D eigenvalue weighted by Gasteiger charge is 2.22. The van der Waals surface area contributed by atoms with E-state index in [0.29, 0.717) is 30.2 Å². The second kappa shape index (κ2) is 9.54. The number of sulfonamides is 1. The molecule has 0 aliphatic rings. The molecule has 0 fully saturated rings. The van der Waals surface area contributed by atoms with Crippen LogP contribution in [-0.4, -0.2) is 31.7 Å². The molecule has 0 heterocycles. The van der Waals surface area contributed by atoms with E-state index < -0.39 is 10.0 Å². The number of hydrogen-bond acceptors (Lipinski definition) is 3. The van der Waals surface area contributed by atoms with Gasteiger partial charge in [0, 0.05) is 19.5 Å². The molecule has 1 N–H and O–H groups in total. The topological polar surface area (TPSA) is 66.5 Å². The summed E-state index contributed by atoms with van der Waals surface area (Å²) in [4.78, 5) is 12.5. The average Bonchev–Trinajstić information content (AvgIpc) is 2.63. The number of rotatable bonds is 8. The maximum atomic E-state index is 12.7. The fourth-order valence-electron chi connectivity index (χ4n) is 3.06. The molecular formula is C21H27ClN2O3S. The van der Waals surface area contributed by atoms with Gasteiger partial charge < -0.3 is 5.32 Å². The number of halogens is 1. The average molecular weight is 423 g/mol. The summed E-state index contributed by atoms with van der Waals surface area (Å²) in [6.07, 6.45) is 0.889. The highest BCUT2D eigenvalue weighted by Crippen LogP contribution is 2.27. The molecule has 1 amide bonds. The summed E-state index contributed by atoms with van der Waals surface area (Å²) in [7, 11) is -3.62. The first-order chi connectivity index (χ1) is 13.2. The molecule has 0 bridgehead atoms. The molecule has 5 nitrogen and oxygen atoms in total. The summed E-state index contributed by atoms with van der Waals surface area (Å²) in [6, 6.07) is 10.5. The number of nitrogens with zero attached hydrogens (tertiary/aromatic N) is 1. The molecule has 0 unspecified atom stereocenters. The first kappa shape index (κ1) is 22.4. The van der Waals surface area contributed by atoms with Crippen LogP contribution in [0.1, 0.15) is 37.0 Å². The highest BCUT2D eigenvalue weighted by atomic mass is 35.5. The van der Waals surface area contributed by atoms with Crippen LogP contribution in [0.15, 0.2) is 41.3 Å². The van der Waals surface area contributed by atoms with Crippen molar-refractivity contribution in [2.45, 2.75) is 45.4 Å². The van der Waals surface area contributed by atoms with Crippen LogP contribution >= 0.6 is 11.6 Å². The number of carbonyl (C=O) groups excluding carboxylic acids is 1. The largest absolute Gasteiger partial charge is 0.325 e. The zero-order valence-electron chi connectivity index (χ0n) is 16.8.